The van der Waals surface area contributed by atoms with Gasteiger partial charge in [0.1, 0.15) is 11.6 Å². The van der Waals surface area contributed by atoms with Gasteiger partial charge in [-0.15, -0.1) is 6.58 Å². The number of carbonyl (C=O) groups is 3. The average Bonchev–Trinajstić information content (AvgIpc) is 3.56. The van der Waals surface area contributed by atoms with E-state index in [9.17, 15) is 24.6 Å². The number of anilines is 1. The number of amides is 2. The van der Waals surface area contributed by atoms with Gasteiger partial charge >= 0.3 is 5.97 Å². The Morgan fingerprint density at radius 1 is 1.12 bits per heavy atom. The molecule has 0 aromatic heterocycles. The quantitative estimate of drug-likeness (QED) is 0.298. The molecule has 3 heterocycles. The normalized spacial score (nSPS) is 29.4. The number of carboxylic acid groups (broad SMARTS) is 1. The van der Waals surface area contributed by atoms with Crippen LogP contribution in [0.4, 0.5) is 5.69 Å². The van der Waals surface area contributed by atoms with Crippen LogP contribution >= 0.6 is 15.9 Å². The van der Waals surface area contributed by atoms with E-state index >= 15 is 0 Å². The van der Waals surface area contributed by atoms with Crippen molar-refractivity contribution in [2.75, 3.05) is 18.1 Å². The van der Waals surface area contributed by atoms with Crippen LogP contribution in [0, 0.1) is 11.8 Å². The molecule has 3 saturated heterocycles. The topological polar surface area (TPSA) is 107 Å². The highest BCUT2D eigenvalue weighted by Gasteiger charge is 2.77. The monoisotopic (exact) mass is 604 g/mol. The van der Waals surface area contributed by atoms with Crippen molar-refractivity contribution >= 4 is 50.2 Å². The van der Waals surface area contributed by atoms with Crippen LogP contribution in [-0.4, -0.2) is 68.6 Å². The minimum absolute atomic E-state index is 0.162. The second-order valence-corrected chi connectivity index (χ2v) is 11.8. The van der Waals surface area contributed by atoms with Crippen LogP contribution in [0.25, 0.3) is 10.8 Å². The Kier molecular flexibility index (Phi) is 6.76. The van der Waals surface area contributed by atoms with E-state index in [-0.39, 0.29) is 17.8 Å². The van der Waals surface area contributed by atoms with E-state index in [2.05, 4.69) is 22.5 Å². The standard InChI is InChI=1S/C31H29BrN2O6/c1-2-14-33(21-13-12-18-8-6-7-11-20(18)15-21)29(37)27-31-16-22(32)26(40-31)24(30(38)39)25(31)28(36)34(27)23(17-35)19-9-4-3-5-10-19/h2-13,15,22-27,35H,1,14,16-17H2,(H,38,39)/t22?,23-,24-,25+,26-,27?,31?/m1/s1. The summed E-state index contributed by atoms with van der Waals surface area (Å²) >= 11 is 3.58. The Bertz CT molecular complexity index is 1500. The molecule has 3 fully saturated rings. The van der Waals surface area contributed by atoms with Gasteiger partial charge in [-0.1, -0.05) is 82.7 Å². The van der Waals surface area contributed by atoms with Crippen molar-refractivity contribution in [3.8, 4) is 0 Å². The summed E-state index contributed by atoms with van der Waals surface area (Å²) < 4.78 is 6.42. The summed E-state index contributed by atoms with van der Waals surface area (Å²) in [5.74, 6) is -4.22. The second kappa shape index (κ2) is 10.1. The molecule has 3 aliphatic heterocycles. The number of alkyl halides is 1. The molecule has 2 bridgehead atoms. The maximum Gasteiger partial charge on any atom is 0.310 e. The van der Waals surface area contributed by atoms with E-state index in [1.54, 1.807) is 35.2 Å². The van der Waals surface area contributed by atoms with Crippen LogP contribution in [0.15, 0.2) is 85.5 Å². The van der Waals surface area contributed by atoms with Crippen LogP contribution in [0.5, 0.6) is 0 Å². The number of likely N-dealkylation sites (tertiary alicyclic amines) is 1. The number of aliphatic hydroxyl groups is 1. The summed E-state index contributed by atoms with van der Waals surface area (Å²) in [4.78, 5) is 44.1. The number of fused-ring (bicyclic) bond motifs is 2. The Morgan fingerprint density at radius 2 is 1.82 bits per heavy atom. The molecule has 8 nitrogen and oxygen atoms in total. The van der Waals surface area contributed by atoms with E-state index in [1.165, 1.54) is 4.90 Å². The molecule has 0 aliphatic carbocycles. The molecule has 206 valence electrons. The molecule has 0 radical (unpaired) electrons. The average molecular weight is 605 g/mol. The lowest BCUT2D eigenvalue weighted by molar-refractivity contribution is -0.151. The maximum absolute atomic E-state index is 14.7. The number of benzene rings is 3. The molecule has 3 aliphatic rings. The third-order valence-electron chi connectivity index (χ3n) is 8.56. The molecule has 2 N–H and O–H groups in total. The van der Waals surface area contributed by atoms with E-state index in [0.717, 1.165) is 10.8 Å². The molecule has 7 atom stereocenters. The van der Waals surface area contributed by atoms with Crippen LogP contribution in [0.2, 0.25) is 0 Å². The van der Waals surface area contributed by atoms with Crippen molar-refractivity contribution in [2.45, 2.75) is 35.0 Å². The highest BCUT2D eigenvalue weighted by Crippen LogP contribution is 2.61. The lowest BCUT2D eigenvalue weighted by Crippen LogP contribution is -2.57. The summed E-state index contributed by atoms with van der Waals surface area (Å²) in [6.45, 7) is 3.57. The molecule has 1 spiro atoms. The van der Waals surface area contributed by atoms with Crippen LogP contribution in [-0.2, 0) is 19.1 Å². The highest BCUT2D eigenvalue weighted by atomic mass is 79.9. The number of hydrogen-bond acceptors (Lipinski definition) is 5. The van der Waals surface area contributed by atoms with Gasteiger partial charge in [-0.3, -0.25) is 14.4 Å². The smallest absolute Gasteiger partial charge is 0.310 e. The molecular weight excluding hydrogens is 576 g/mol. The first kappa shape index (κ1) is 26.7. The van der Waals surface area contributed by atoms with Gasteiger partial charge in [-0.25, -0.2) is 0 Å². The molecule has 3 unspecified atom stereocenters. The predicted molar refractivity (Wildman–Crippen MR) is 153 cm³/mol. The van der Waals surface area contributed by atoms with E-state index in [1.807, 2.05) is 48.5 Å². The molecule has 3 aromatic rings. The summed E-state index contributed by atoms with van der Waals surface area (Å²) in [5, 5.41) is 22.7. The zero-order valence-electron chi connectivity index (χ0n) is 21.6. The SMILES string of the molecule is C=CCN(C(=O)C1N([C@H](CO)c2ccccc2)C(=O)[C@@H]2[C@@H](C(=O)O)[C@@H]3OC12CC3Br)c1ccc2ccccc2c1. The second-order valence-electron chi connectivity index (χ2n) is 10.6. The van der Waals surface area contributed by atoms with E-state index < -0.39 is 60.0 Å². The fourth-order valence-corrected chi connectivity index (χ4v) is 7.88. The van der Waals surface area contributed by atoms with Crippen LogP contribution in [0.1, 0.15) is 18.0 Å². The van der Waals surface area contributed by atoms with Crippen molar-refractivity contribution in [2.24, 2.45) is 11.8 Å². The Morgan fingerprint density at radius 3 is 2.50 bits per heavy atom. The lowest BCUT2D eigenvalue weighted by Gasteiger charge is -2.39. The molecule has 6 rings (SSSR count). The van der Waals surface area contributed by atoms with Crippen molar-refractivity contribution < 1.29 is 29.3 Å². The number of rotatable bonds is 8. The maximum atomic E-state index is 14.7. The van der Waals surface area contributed by atoms with Crippen LogP contribution < -0.4 is 4.90 Å². The van der Waals surface area contributed by atoms with Gasteiger partial charge in [0, 0.05) is 17.1 Å². The number of aliphatic hydroxyl groups excluding tert-OH is 1. The highest BCUT2D eigenvalue weighted by molar-refractivity contribution is 9.09. The Labute approximate surface area is 240 Å². The number of halogens is 1. The Balaban J connectivity index is 1.51. The molecule has 2 amide bonds. The van der Waals surface area contributed by atoms with Gasteiger partial charge in [-0.05, 0) is 34.9 Å². The number of hydrogen-bond donors (Lipinski definition) is 2. The third-order valence-corrected chi connectivity index (χ3v) is 9.41. The van der Waals surface area contributed by atoms with Gasteiger partial charge in [0.05, 0.1) is 30.6 Å². The summed E-state index contributed by atoms with van der Waals surface area (Å²) in [5.41, 5.74) is -0.103. The predicted octanol–water partition coefficient (Wildman–Crippen LogP) is 3.93. The zero-order valence-corrected chi connectivity index (χ0v) is 23.2. The van der Waals surface area contributed by atoms with Gasteiger partial charge in [0.2, 0.25) is 5.91 Å². The number of ether oxygens (including phenoxy) is 1. The summed E-state index contributed by atoms with van der Waals surface area (Å²) in [7, 11) is 0. The number of carbonyl (C=O) groups excluding carboxylic acids is 2. The zero-order chi connectivity index (χ0) is 28.2. The van der Waals surface area contributed by atoms with Crippen molar-refractivity contribution in [3.05, 3.63) is 91.0 Å². The summed E-state index contributed by atoms with van der Waals surface area (Å²) in [6.07, 6.45) is 1.16. The molecule has 0 saturated carbocycles. The van der Waals surface area contributed by atoms with E-state index in [0.29, 0.717) is 11.3 Å². The third kappa shape index (κ3) is 3.90. The first-order chi connectivity index (χ1) is 19.3. The van der Waals surface area contributed by atoms with Gasteiger partial charge in [0.15, 0.2) is 0 Å². The summed E-state index contributed by atoms with van der Waals surface area (Å²) in [6, 6.07) is 20.5. The van der Waals surface area contributed by atoms with E-state index in [4.69, 9.17) is 4.74 Å². The molecule has 9 heteroatoms. The number of nitrogens with zero attached hydrogens (tertiary/aromatic N) is 2. The van der Waals surface area contributed by atoms with Gasteiger partial charge in [0.25, 0.3) is 5.91 Å². The van der Waals surface area contributed by atoms with Crippen LogP contribution in [0.3, 0.4) is 0 Å². The fourth-order valence-electron chi connectivity index (χ4n) is 6.94. The number of aliphatic carboxylic acids is 1. The van der Waals surface area contributed by atoms with Gasteiger partial charge < -0.3 is 24.7 Å². The van der Waals surface area contributed by atoms with Crippen molar-refractivity contribution in [3.63, 3.8) is 0 Å². The molecular formula is C31H29BrN2O6. The largest absolute Gasteiger partial charge is 0.481 e. The first-order valence-corrected chi connectivity index (χ1v) is 14.2. The fraction of sp³-hybridized carbons (Fsp3) is 0.323. The molecule has 40 heavy (non-hydrogen) atoms. The van der Waals surface area contributed by atoms with Crippen molar-refractivity contribution in [1.29, 1.82) is 0 Å². The number of carboxylic acids is 1. The molecule has 3 aromatic carbocycles. The van der Waals surface area contributed by atoms with Crippen molar-refractivity contribution in [1.82, 2.24) is 4.90 Å². The first-order valence-electron chi connectivity index (χ1n) is 13.3. The lowest BCUT2D eigenvalue weighted by atomic mass is 9.70. The minimum Gasteiger partial charge on any atom is -0.481 e. The Hall–Kier alpha value is -3.53. The van der Waals surface area contributed by atoms with Gasteiger partial charge in [-0.2, -0.15) is 0 Å². The minimum atomic E-state index is -1.37.